The standard InChI is InChI=1S/C42H26O/c1-2-12-28(13-3-1)40-34-15-6-8-17-36(34)41(37-18-9-7-16-35(37)40)31-23-24-33-38-20-10-19-32(42(38)43-39(33)26-31)30-22-21-27-11-4-5-14-29(27)25-30/h1-26H/i1D,2D,3D,4D,5D,6D,7D,8D,9D,10D,11D,12D,13D,14D,15D,16D,17D,18D,19D,20D,21D,22D,23D,24D,25D,26D. The van der Waals surface area contributed by atoms with E-state index in [1.807, 2.05) is 0 Å². The van der Waals surface area contributed by atoms with Crippen molar-refractivity contribution in [2.75, 3.05) is 0 Å². The molecule has 0 aliphatic heterocycles. The van der Waals surface area contributed by atoms with E-state index in [1.165, 1.54) is 0 Å². The molecular formula is C42H26O. The fourth-order valence-corrected chi connectivity index (χ4v) is 5.12. The van der Waals surface area contributed by atoms with Gasteiger partial charge in [-0.25, -0.2) is 0 Å². The number of para-hydroxylation sites is 1. The Balaban J connectivity index is 1.55. The van der Waals surface area contributed by atoms with Gasteiger partial charge in [-0.05, 0) is 78.3 Å². The molecule has 43 heavy (non-hydrogen) atoms. The Bertz CT molecular complexity index is 3860. The number of rotatable bonds is 3. The second kappa shape index (κ2) is 9.44. The highest BCUT2D eigenvalue weighted by molar-refractivity contribution is 6.22. The summed E-state index contributed by atoms with van der Waals surface area (Å²) in [5, 5.41) is -4.79. The van der Waals surface area contributed by atoms with Crippen molar-refractivity contribution in [3.8, 4) is 33.4 Å². The summed E-state index contributed by atoms with van der Waals surface area (Å²) in [5.74, 6) is 0. The van der Waals surface area contributed by atoms with E-state index in [0.717, 1.165) is 0 Å². The molecule has 0 spiro atoms. The number of hydrogen-bond donors (Lipinski definition) is 0. The molecule has 0 unspecified atom stereocenters. The summed E-state index contributed by atoms with van der Waals surface area (Å²) in [6.45, 7) is 0. The van der Waals surface area contributed by atoms with Crippen LogP contribution in [0.5, 0.6) is 0 Å². The normalized spacial score (nSPS) is 20.2. The van der Waals surface area contributed by atoms with Gasteiger partial charge in [0.1, 0.15) is 11.2 Å². The Morgan fingerprint density at radius 3 is 1.67 bits per heavy atom. The molecule has 1 aromatic heterocycles. The monoisotopic (exact) mass is 572 g/mol. The van der Waals surface area contributed by atoms with Gasteiger partial charge in [0, 0.05) is 16.3 Å². The highest BCUT2D eigenvalue weighted by atomic mass is 16.3. The molecule has 0 N–H and O–H groups in total. The molecule has 0 bridgehead atoms. The van der Waals surface area contributed by atoms with Gasteiger partial charge in [0.2, 0.25) is 0 Å². The average molecular weight is 573 g/mol. The van der Waals surface area contributed by atoms with Crippen LogP contribution in [0.2, 0.25) is 0 Å². The lowest BCUT2D eigenvalue weighted by Crippen LogP contribution is -1.90. The van der Waals surface area contributed by atoms with Gasteiger partial charge in [-0.15, -0.1) is 0 Å². The lowest BCUT2D eigenvalue weighted by atomic mass is 9.86. The maximum Gasteiger partial charge on any atom is 0.143 e. The average Bonchev–Trinajstić information content (AvgIpc) is 3.72. The van der Waals surface area contributed by atoms with Gasteiger partial charge in [0.05, 0.1) is 35.6 Å². The van der Waals surface area contributed by atoms with Gasteiger partial charge in [0.15, 0.2) is 0 Å². The maximum absolute atomic E-state index is 9.72. The molecule has 0 aliphatic rings. The summed E-state index contributed by atoms with van der Waals surface area (Å²) in [4.78, 5) is 0. The van der Waals surface area contributed by atoms with Crippen LogP contribution in [0, 0.1) is 0 Å². The molecule has 0 atom stereocenters. The topological polar surface area (TPSA) is 13.1 Å². The highest BCUT2D eigenvalue weighted by Crippen LogP contribution is 2.45. The van der Waals surface area contributed by atoms with Crippen molar-refractivity contribution >= 4 is 54.3 Å². The number of benzene rings is 8. The Hall–Kier alpha value is -5.66. The second-order valence-electron chi connectivity index (χ2n) is 9.26. The van der Waals surface area contributed by atoms with Crippen molar-refractivity contribution in [3.05, 3.63) is 157 Å². The van der Waals surface area contributed by atoms with Gasteiger partial charge < -0.3 is 4.42 Å². The van der Waals surface area contributed by atoms with Gasteiger partial charge >= 0.3 is 0 Å². The van der Waals surface area contributed by atoms with Gasteiger partial charge in [-0.1, -0.05) is 139 Å². The van der Waals surface area contributed by atoms with Crippen molar-refractivity contribution in [2.24, 2.45) is 0 Å². The summed E-state index contributed by atoms with van der Waals surface area (Å²) in [5.41, 5.74) is -5.50. The van der Waals surface area contributed by atoms with E-state index in [2.05, 4.69) is 0 Å². The Kier molecular flexibility index (Phi) is 2.13. The molecule has 0 fully saturated rings. The van der Waals surface area contributed by atoms with Crippen molar-refractivity contribution < 1.29 is 40.1 Å². The molecule has 1 heteroatoms. The molecule has 8 aromatic carbocycles. The smallest absolute Gasteiger partial charge is 0.143 e. The van der Waals surface area contributed by atoms with E-state index in [9.17, 15) is 11.0 Å². The first-order chi connectivity index (χ1) is 32.2. The first kappa shape index (κ1) is 9.69. The van der Waals surface area contributed by atoms with Gasteiger partial charge in [0.25, 0.3) is 0 Å². The molecular weight excluding hydrogens is 520 g/mol. The third-order valence-electron chi connectivity index (χ3n) is 6.94. The molecule has 0 amide bonds. The minimum Gasteiger partial charge on any atom is -0.455 e. The minimum absolute atomic E-state index is 0.506. The lowest BCUT2D eigenvalue weighted by Gasteiger charge is -2.17. The van der Waals surface area contributed by atoms with E-state index < -0.39 is 245 Å². The summed E-state index contributed by atoms with van der Waals surface area (Å²) in [7, 11) is 0. The fraction of sp³-hybridized carbons (Fsp3) is 0. The zero-order valence-electron chi connectivity index (χ0n) is 47.4. The predicted molar refractivity (Wildman–Crippen MR) is 183 cm³/mol. The summed E-state index contributed by atoms with van der Waals surface area (Å²) < 4.78 is 237. The SMILES string of the molecule is [2H]c1c([2H])c([2H])c(-c2c3c([2H])c([2H])c([2H])c([2H])c3c(-c3c([2H])c([2H])c4c(oc5c(-c6c([2H])c([2H])c7c([2H])c([2H])c([2H])c([2H])c7c6[2H])c([2H])c([2H])c([2H])c54)c3[2H])c3c([2H])c([2H])c([2H])c([2H])c23)c([2H])c1[2H]. The van der Waals surface area contributed by atoms with Crippen molar-refractivity contribution in [3.63, 3.8) is 0 Å². The van der Waals surface area contributed by atoms with Crippen LogP contribution >= 0.6 is 0 Å². The fourth-order valence-electron chi connectivity index (χ4n) is 5.12. The van der Waals surface area contributed by atoms with E-state index in [0.29, 0.717) is 0 Å². The largest absolute Gasteiger partial charge is 0.455 e. The summed E-state index contributed by atoms with van der Waals surface area (Å²) in [6.07, 6.45) is 0. The van der Waals surface area contributed by atoms with E-state index in [-0.39, 0.29) is 0 Å². The maximum atomic E-state index is 9.72. The van der Waals surface area contributed by atoms with Gasteiger partial charge in [-0.3, -0.25) is 0 Å². The molecule has 9 aromatic rings. The van der Waals surface area contributed by atoms with Crippen LogP contribution in [-0.2, 0) is 0 Å². The minimum atomic E-state index is -0.979. The van der Waals surface area contributed by atoms with Crippen LogP contribution in [0.4, 0.5) is 0 Å². The first-order valence-electron chi connectivity index (χ1n) is 25.7. The Morgan fingerprint density at radius 1 is 0.372 bits per heavy atom. The highest BCUT2D eigenvalue weighted by Gasteiger charge is 2.18. The Labute approximate surface area is 285 Å². The van der Waals surface area contributed by atoms with Crippen LogP contribution in [0.3, 0.4) is 0 Å². The molecule has 0 aliphatic carbocycles. The van der Waals surface area contributed by atoms with Gasteiger partial charge in [-0.2, -0.15) is 0 Å². The van der Waals surface area contributed by atoms with Crippen LogP contribution < -0.4 is 0 Å². The van der Waals surface area contributed by atoms with Crippen LogP contribution in [0.1, 0.15) is 35.6 Å². The molecule has 200 valence electrons. The molecule has 0 radical (unpaired) electrons. The van der Waals surface area contributed by atoms with Crippen molar-refractivity contribution in [2.45, 2.75) is 0 Å². The molecule has 0 saturated heterocycles. The first-order valence-corrected chi connectivity index (χ1v) is 12.7. The number of hydrogen-bond acceptors (Lipinski definition) is 1. The number of fused-ring (bicyclic) bond motifs is 6. The third-order valence-corrected chi connectivity index (χ3v) is 6.94. The number of furan rings is 1. The summed E-state index contributed by atoms with van der Waals surface area (Å²) >= 11 is 0. The third kappa shape index (κ3) is 3.72. The zero-order chi connectivity index (χ0) is 51.0. The van der Waals surface area contributed by atoms with E-state index >= 15 is 0 Å². The molecule has 1 nitrogen and oxygen atoms in total. The quantitative estimate of drug-likeness (QED) is 0.192. The molecule has 1 heterocycles. The summed E-state index contributed by atoms with van der Waals surface area (Å²) in [6, 6.07) is -23.0. The van der Waals surface area contributed by atoms with E-state index in [1.54, 1.807) is 0 Å². The van der Waals surface area contributed by atoms with E-state index in [4.69, 9.17) is 29.1 Å². The van der Waals surface area contributed by atoms with Crippen molar-refractivity contribution in [1.82, 2.24) is 0 Å². The molecule has 9 rings (SSSR count). The zero-order valence-corrected chi connectivity index (χ0v) is 21.4. The second-order valence-corrected chi connectivity index (χ2v) is 9.26. The predicted octanol–water partition coefficient (Wildman–Crippen LogP) is 12.0. The lowest BCUT2D eigenvalue weighted by molar-refractivity contribution is 0.670. The van der Waals surface area contributed by atoms with Crippen LogP contribution in [0.15, 0.2) is 162 Å². The molecule has 0 saturated carbocycles. The van der Waals surface area contributed by atoms with Crippen molar-refractivity contribution in [1.29, 1.82) is 0 Å². The van der Waals surface area contributed by atoms with Crippen LogP contribution in [0.25, 0.3) is 87.6 Å². The van der Waals surface area contributed by atoms with Crippen LogP contribution in [-0.4, -0.2) is 0 Å². The Morgan fingerprint density at radius 2 is 0.953 bits per heavy atom.